The van der Waals surface area contributed by atoms with Gasteiger partial charge in [-0.05, 0) is 55.8 Å². The van der Waals surface area contributed by atoms with Gasteiger partial charge in [0, 0.05) is 19.8 Å². The van der Waals surface area contributed by atoms with Gasteiger partial charge in [0.2, 0.25) is 0 Å². The van der Waals surface area contributed by atoms with Gasteiger partial charge in [0.25, 0.3) is 0 Å². The van der Waals surface area contributed by atoms with Crippen molar-refractivity contribution in [2.75, 3.05) is 46.9 Å². The van der Waals surface area contributed by atoms with Crippen LogP contribution in [0.15, 0.2) is 53.8 Å². The largest absolute Gasteiger partial charge is 0.497 e. The molecule has 1 aliphatic heterocycles. The Balaban J connectivity index is 1.51. The van der Waals surface area contributed by atoms with Crippen LogP contribution in [0.3, 0.4) is 0 Å². The van der Waals surface area contributed by atoms with E-state index in [-0.39, 0.29) is 0 Å². The fourth-order valence-corrected chi connectivity index (χ4v) is 3.52. The fraction of sp³-hybridized carbons (Fsp3) is 0.455. The van der Waals surface area contributed by atoms with Crippen molar-refractivity contribution >= 4 is 5.96 Å². The normalized spacial score (nSPS) is 15.7. The van der Waals surface area contributed by atoms with Crippen LogP contribution in [0.1, 0.15) is 24.4 Å². The van der Waals surface area contributed by atoms with Gasteiger partial charge >= 0.3 is 0 Å². The summed E-state index contributed by atoms with van der Waals surface area (Å²) in [5, 5.41) is 6.78. The fourth-order valence-electron chi connectivity index (χ4n) is 3.52. The number of methoxy groups -OCH3 is 1. The van der Waals surface area contributed by atoms with Gasteiger partial charge in [0.15, 0.2) is 5.96 Å². The van der Waals surface area contributed by atoms with Gasteiger partial charge in [-0.1, -0.05) is 12.1 Å². The number of benzene rings is 1. The molecule has 7 heteroatoms. The number of likely N-dealkylation sites (tertiary alicyclic amines) is 1. The second kappa shape index (κ2) is 11.3. The maximum Gasteiger partial charge on any atom is 0.191 e. The van der Waals surface area contributed by atoms with Crippen LogP contribution < -0.4 is 20.1 Å². The third-order valence-electron chi connectivity index (χ3n) is 5.07. The van der Waals surface area contributed by atoms with Crippen molar-refractivity contribution in [2.45, 2.75) is 18.9 Å². The monoisotopic (exact) mass is 397 g/mol. The number of nitrogens with one attached hydrogen (secondary N) is 2. The van der Waals surface area contributed by atoms with E-state index in [0.717, 1.165) is 37.1 Å². The first-order valence-electron chi connectivity index (χ1n) is 10.2. The minimum atomic E-state index is 0.300. The van der Waals surface area contributed by atoms with Crippen LogP contribution in [0.25, 0.3) is 0 Å². The molecule has 29 heavy (non-hydrogen) atoms. The van der Waals surface area contributed by atoms with Crippen LogP contribution in [0.2, 0.25) is 0 Å². The molecule has 0 aliphatic carbocycles. The molecule has 156 valence electrons. The molecule has 7 nitrogen and oxygen atoms in total. The Morgan fingerprint density at radius 2 is 1.93 bits per heavy atom. The van der Waals surface area contributed by atoms with E-state index in [1.165, 1.54) is 18.4 Å². The maximum atomic E-state index is 5.67. The van der Waals surface area contributed by atoms with E-state index < -0.39 is 0 Å². The molecule has 1 saturated heterocycles. The highest BCUT2D eigenvalue weighted by Gasteiger charge is 2.23. The van der Waals surface area contributed by atoms with Gasteiger partial charge < -0.3 is 20.1 Å². The van der Waals surface area contributed by atoms with Crippen LogP contribution in [0.4, 0.5) is 0 Å². The third-order valence-corrected chi connectivity index (χ3v) is 5.07. The average Bonchev–Trinajstić information content (AvgIpc) is 3.31. The Morgan fingerprint density at radius 3 is 2.59 bits per heavy atom. The van der Waals surface area contributed by atoms with Crippen molar-refractivity contribution in [3.8, 4) is 11.5 Å². The predicted octanol–water partition coefficient (Wildman–Crippen LogP) is 2.47. The summed E-state index contributed by atoms with van der Waals surface area (Å²) in [4.78, 5) is 10.9. The van der Waals surface area contributed by atoms with Crippen molar-refractivity contribution in [3.05, 3.63) is 54.4 Å². The van der Waals surface area contributed by atoms with Crippen LogP contribution in [-0.2, 0) is 0 Å². The van der Waals surface area contributed by atoms with E-state index in [1.807, 2.05) is 24.3 Å². The number of guanidine groups is 1. The summed E-state index contributed by atoms with van der Waals surface area (Å²) in [7, 11) is 3.48. The van der Waals surface area contributed by atoms with E-state index in [4.69, 9.17) is 9.47 Å². The second-order valence-electron chi connectivity index (χ2n) is 6.95. The smallest absolute Gasteiger partial charge is 0.191 e. The highest BCUT2D eigenvalue weighted by atomic mass is 16.5. The summed E-state index contributed by atoms with van der Waals surface area (Å²) >= 11 is 0. The Morgan fingerprint density at radius 1 is 1.14 bits per heavy atom. The van der Waals surface area contributed by atoms with E-state index in [2.05, 4.69) is 37.6 Å². The Hall–Kier alpha value is -2.80. The Bertz CT molecular complexity index is 746. The highest BCUT2D eigenvalue weighted by Crippen LogP contribution is 2.26. The van der Waals surface area contributed by atoms with Crippen LogP contribution in [-0.4, -0.2) is 62.8 Å². The second-order valence-corrected chi connectivity index (χ2v) is 6.95. The van der Waals surface area contributed by atoms with Crippen molar-refractivity contribution in [3.63, 3.8) is 0 Å². The van der Waals surface area contributed by atoms with Gasteiger partial charge in [-0.2, -0.15) is 0 Å². The van der Waals surface area contributed by atoms with Crippen molar-refractivity contribution in [2.24, 2.45) is 4.99 Å². The van der Waals surface area contributed by atoms with Crippen LogP contribution >= 0.6 is 0 Å². The van der Waals surface area contributed by atoms with E-state index in [9.17, 15) is 0 Å². The summed E-state index contributed by atoms with van der Waals surface area (Å²) in [6.07, 6.45) is 5.95. The zero-order valence-electron chi connectivity index (χ0n) is 17.3. The van der Waals surface area contributed by atoms with Crippen molar-refractivity contribution < 1.29 is 9.47 Å². The average molecular weight is 398 g/mol. The molecular weight excluding hydrogens is 366 g/mol. The standard InChI is InChI=1S/C22H31N5O2/c1-23-22(25-12-15-29-20-6-5-11-24-16-20)26-17-21(27-13-3-4-14-27)18-7-9-19(28-2)10-8-18/h5-11,16,21H,3-4,12-15,17H2,1-2H3,(H2,23,25,26). The number of rotatable bonds is 9. The molecule has 0 bridgehead atoms. The van der Waals surface area contributed by atoms with Gasteiger partial charge in [0.05, 0.1) is 25.9 Å². The minimum absolute atomic E-state index is 0.300. The first-order chi connectivity index (χ1) is 14.3. The lowest BCUT2D eigenvalue weighted by Gasteiger charge is -2.29. The molecule has 1 aliphatic rings. The molecule has 1 fully saturated rings. The molecule has 2 N–H and O–H groups in total. The topological polar surface area (TPSA) is 71.0 Å². The van der Waals surface area contributed by atoms with Crippen molar-refractivity contribution in [1.82, 2.24) is 20.5 Å². The van der Waals surface area contributed by atoms with E-state index in [1.54, 1.807) is 26.6 Å². The first kappa shape index (κ1) is 20.9. The van der Waals surface area contributed by atoms with Crippen molar-refractivity contribution in [1.29, 1.82) is 0 Å². The number of aromatic nitrogens is 1. The van der Waals surface area contributed by atoms with Gasteiger partial charge in [0.1, 0.15) is 18.1 Å². The third kappa shape index (κ3) is 6.35. The van der Waals surface area contributed by atoms with Gasteiger partial charge in [-0.3, -0.25) is 14.9 Å². The number of hydrogen-bond acceptors (Lipinski definition) is 5. The van der Waals surface area contributed by atoms with E-state index >= 15 is 0 Å². The minimum Gasteiger partial charge on any atom is -0.497 e. The molecule has 0 radical (unpaired) electrons. The number of ether oxygens (including phenoxy) is 2. The molecule has 1 atom stereocenters. The molecule has 1 aromatic heterocycles. The summed E-state index contributed by atoms with van der Waals surface area (Å²) in [5.41, 5.74) is 1.29. The molecule has 0 saturated carbocycles. The molecule has 2 heterocycles. The number of hydrogen-bond donors (Lipinski definition) is 2. The van der Waals surface area contributed by atoms with Gasteiger partial charge in [-0.15, -0.1) is 0 Å². The summed E-state index contributed by atoms with van der Waals surface area (Å²) in [5.74, 6) is 2.43. The molecule has 3 rings (SSSR count). The number of nitrogens with zero attached hydrogens (tertiary/aromatic N) is 3. The molecule has 1 unspecified atom stereocenters. The Kier molecular flexibility index (Phi) is 8.12. The highest BCUT2D eigenvalue weighted by molar-refractivity contribution is 5.79. The lowest BCUT2D eigenvalue weighted by atomic mass is 10.1. The number of aliphatic imine (C=N–C) groups is 1. The molecule has 0 spiro atoms. The van der Waals surface area contributed by atoms with Gasteiger partial charge in [-0.25, -0.2) is 0 Å². The number of pyridine rings is 1. The lowest BCUT2D eigenvalue weighted by molar-refractivity contribution is 0.245. The summed E-state index contributed by atoms with van der Waals surface area (Å²) in [6, 6.07) is 12.4. The molecular formula is C22H31N5O2. The lowest BCUT2D eigenvalue weighted by Crippen LogP contribution is -2.43. The zero-order chi connectivity index (χ0) is 20.3. The quantitative estimate of drug-likeness (QED) is 0.385. The SMILES string of the molecule is CN=C(NCCOc1cccnc1)NCC(c1ccc(OC)cc1)N1CCCC1. The van der Waals surface area contributed by atoms with Crippen LogP contribution in [0.5, 0.6) is 11.5 Å². The van der Waals surface area contributed by atoms with Crippen LogP contribution in [0, 0.1) is 0 Å². The molecule has 2 aromatic rings. The summed E-state index contributed by atoms with van der Waals surface area (Å²) < 4.78 is 11.0. The molecule has 1 aromatic carbocycles. The maximum absolute atomic E-state index is 5.67. The zero-order valence-corrected chi connectivity index (χ0v) is 17.3. The van der Waals surface area contributed by atoms with E-state index in [0.29, 0.717) is 19.2 Å². The molecule has 0 amide bonds. The first-order valence-corrected chi connectivity index (χ1v) is 10.2. The Labute approximate surface area is 173 Å². The predicted molar refractivity (Wildman–Crippen MR) is 116 cm³/mol. The summed E-state index contributed by atoms with van der Waals surface area (Å²) in [6.45, 7) is 4.24.